The molecule has 0 spiro atoms. The lowest BCUT2D eigenvalue weighted by Gasteiger charge is -2.24. The van der Waals surface area contributed by atoms with Gasteiger partial charge in [-0.25, -0.2) is 4.79 Å². The summed E-state index contributed by atoms with van der Waals surface area (Å²) in [5.41, 5.74) is 10.7. The van der Waals surface area contributed by atoms with Crippen LogP contribution in [0.1, 0.15) is 38.5 Å². The number of carbonyl (C=O) groups is 5. The summed E-state index contributed by atoms with van der Waals surface area (Å²) in [6.07, 6.45) is 2.43. The average Bonchev–Trinajstić information content (AvgIpc) is 3.25. The van der Waals surface area contributed by atoms with Crippen molar-refractivity contribution in [3.8, 4) is 0 Å². The first-order valence-corrected chi connectivity index (χ1v) is 10.8. The Labute approximate surface area is 186 Å². The van der Waals surface area contributed by atoms with Crippen molar-refractivity contribution >= 4 is 42.2 Å². The van der Waals surface area contributed by atoms with Crippen LogP contribution in [-0.2, 0) is 24.0 Å². The first-order valence-electron chi connectivity index (χ1n) is 10.2. The second-order valence-electron chi connectivity index (χ2n) is 7.31. The number of aliphatic carboxylic acids is 1. The first kappa shape index (κ1) is 26.7. The molecule has 12 nitrogen and oxygen atoms in total. The fraction of sp³-hybridized carbons (Fsp3) is 0.722. The summed E-state index contributed by atoms with van der Waals surface area (Å²) in [6.45, 7) is 1.12. The molecule has 4 amide bonds. The van der Waals surface area contributed by atoms with Crippen LogP contribution in [-0.4, -0.2) is 77.7 Å². The Morgan fingerprint density at radius 2 is 1.68 bits per heavy atom. The van der Waals surface area contributed by atoms with Crippen LogP contribution in [0.25, 0.3) is 0 Å². The van der Waals surface area contributed by atoms with E-state index in [4.69, 9.17) is 16.6 Å². The SMILES string of the molecule is NCCCCC(NC(=O)C1CCCN1)C(=O)NC(CC(N)=O)C(=O)NC(CS)C(=O)O. The molecule has 9 N–H and O–H groups in total. The van der Waals surface area contributed by atoms with E-state index < -0.39 is 54.3 Å². The van der Waals surface area contributed by atoms with Crippen LogP contribution in [0.3, 0.4) is 0 Å². The molecule has 31 heavy (non-hydrogen) atoms. The maximum atomic E-state index is 12.8. The van der Waals surface area contributed by atoms with Crippen molar-refractivity contribution in [3.05, 3.63) is 0 Å². The molecule has 0 radical (unpaired) electrons. The predicted octanol–water partition coefficient (Wildman–Crippen LogP) is -2.79. The highest BCUT2D eigenvalue weighted by Gasteiger charge is 2.31. The zero-order valence-electron chi connectivity index (χ0n) is 17.3. The molecule has 4 atom stereocenters. The van der Waals surface area contributed by atoms with Gasteiger partial charge in [0, 0.05) is 5.75 Å². The zero-order valence-corrected chi connectivity index (χ0v) is 18.2. The Hall–Kier alpha value is -2.38. The Bertz CT molecular complexity index is 657. The molecule has 1 heterocycles. The minimum absolute atomic E-state index is 0.190. The van der Waals surface area contributed by atoms with Gasteiger partial charge in [0.05, 0.1) is 12.5 Å². The Morgan fingerprint density at radius 3 is 2.19 bits per heavy atom. The monoisotopic (exact) mass is 460 g/mol. The van der Waals surface area contributed by atoms with Crippen LogP contribution >= 0.6 is 12.6 Å². The number of carbonyl (C=O) groups excluding carboxylic acids is 4. The van der Waals surface area contributed by atoms with E-state index >= 15 is 0 Å². The number of nitrogens with two attached hydrogens (primary N) is 2. The third-order valence-electron chi connectivity index (χ3n) is 4.79. The second-order valence-corrected chi connectivity index (χ2v) is 7.67. The van der Waals surface area contributed by atoms with Gasteiger partial charge in [-0.15, -0.1) is 0 Å². The number of carboxylic acid groups (broad SMARTS) is 1. The van der Waals surface area contributed by atoms with E-state index in [1.165, 1.54) is 0 Å². The second kappa shape index (κ2) is 13.8. The standard InChI is InChI=1S/C18H32N6O6S/c19-6-2-1-4-11(22-15(26)10-5-3-7-21-10)16(27)23-12(8-14(20)25)17(28)24-13(9-31)18(29)30/h10-13,21,31H,1-9,19H2,(H2,20,25)(H,22,26)(H,23,27)(H,24,28)(H,29,30). The summed E-state index contributed by atoms with van der Waals surface area (Å²) in [5.74, 6) is -4.27. The van der Waals surface area contributed by atoms with Gasteiger partial charge in [-0.1, -0.05) is 0 Å². The third kappa shape index (κ3) is 9.53. The smallest absolute Gasteiger partial charge is 0.327 e. The van der Waals surface area contributed by atoms with Crippen molar-refractivity contribution in [2.75, 3.05) is 18.8 Å². The van der Waals surface area contributed by atoms with Crippen LogP contribution in [0, 0.1) is 0 Å². The molecule has 1 fully saturated rings. The topological polar surface area (TPSA) is 206 Å². The molecule has 176 valence electrons. The van der Waals surface area contributed by atoms with Crippen molar-refractivity contribution in [2.45, 2.75) is 62.7 Å². The van der Waals surface area contributed by atoms with Gasteiger partial charge in [-0.05, 0) is 45.2 Å². The number of hydrogen-bond acceptors (Lipinski definition) is 8. The molecule has 1 rings (SSSR count). The molecule has 1 saturated heterocycles. The van der Waals surface area contributed by atoms with Crippen LogP contribution in [0.15, 0.2) is 0 Å². The highest BCUT2D eigenvalue weighted by atomic mass is 32.1. The first-order chi connectivity index (χ1) is 14.7. The molecular weight excluding hydrogens is 428 g/mol. The molecule has 1 aliphatic rings. The number of rotatable bonds is 14. The minimum atomic E-state index is -1.40. The summed E-state index contributed by atoms with van der Waals surface area (Å²) >= 11 is 3.86. The molecule has 0 aromatic rings. The molecule has 0 bridgehead atoms. The number of thiol groups is 1. The lowest BCUT2D eigenvalue weighted by Crippen LogP contribution is -2.57. The zero-order chi connectivity index (χ0) is 23.4. The van der Waals surface area contributed by atoms with Crippen molar-refractivity contribution in [3.63, 3.8) is 0 Å². The molecule has 0 aliphatic carbocycles. The quantitative estimate of drug-likeness (QED) is 0.100. The molecule has 0 aromatic carbocycles. The Balaban J connectivity index is 2.88. The van der Waals surface area contributed by atoms with Gasteiger partial charge in [0.15, 0.2) is 0 Å². The number of unbranched alkanes of at least 4 members (excludes halogenated alkanes) is 1. The number of hydrogen-bond donors (Lipinski definition) is 8. The summed E-state index contributed by atoms with van der Waals surface area (Å²) in [7, 11) is 0. The van der Waals surface area contributed by atoms with E-state index in [1.807, 2.05) is 0 Å². The molecule has 1 aliphatic heterocycles. The van der Waals surface area contributed by atoms with E-state index in [9.17, 15) is 24.0 Å². The number of nitrogens with one attached hydrogen (secondary N) is 4. The highest BCUT2D eigenvalue weighted by Crippen LogP contribution is 2.08. The van der Waals surface area contributed by atoms with E-state index in [0.29, 0.717) is 32.4 Å². The van der Waals surface area contributed by atoms with E-state index in [2.05, 4.69) is 33.9 Å². The lowest BCUT2D eigenvalue weighted by atomic mass is 10.1. The van der Waals surface area contributed by atoms with Crippen LogP contribution < -0.4 is 32.7 Å². The molecule has 13 heteroatoms. The van der Waals surface area contributed by atoms with Gasteiger partial charge in [-0.2, -0.15) is 12.6 Å². The number of primary amides is 1. The molecular formula is C18H32N6O6S. The van der Waals surface area contributed by atoms with E-state index in [0.717, 1.165) is 6.42 Å². The van der Waals surface area contributed by atoms with E-state index in [1.54, 1.807) is 0 Å². The molecule has 0 aromatic heterocycles. The van der Waals surface area contributed by atoms with E-state index in [-0.39, 0.29) is 18.1 Å². The maximum absolute atomic E-state index is 12.8. The van der Waals surface area contributed by atoms with Crippen LogP contribution in [0.2, 0.25) is 0 Å². The lowest BCUT2D eigenvalue weighted by molar-refractivity contribution is -0.141. The highest BCUT2D eigenvalue weighted by molar-refractivity contribution is 7.80. The van der Waals surface area contributed by atoms with Crippen molar-refractivity contribution in [1.29, 1.82) is 0 Å². The van der Waals surface area contributed by atoms with Gasteiger partial charge < -0.3 is 37.8 Å². The fourth-order valence-corrected chi connectivity index (χ4v) is 3.33. The van der Waals surface area contributed by atoms with Crippen LogP contribution in [0.5, 0.6) is 0 Å². The van der Waals surface area contributed by atoms with Crippen molar-refractivity contribution in [2.24, 2.45) is 11.5 Å². The molecule has 4 unspecified atom stereocenters. The summed E-state index contributed by atoms with van der Waals surface area (Å²) < 4.78 is 0. The largest absolute Gasteiger partial charge is 0.480 e. The van der Waals surface area contributed by atoms with Crippen molar-refractivity contribution in [1.82, 2.24) is 21.3 Å². The summed E-state index contributed by atoms with van der Waals surface area (Å²) in [5, 5.41) is 19.4. The maximum Gasteiger partial charge on any atom is 0.327 e. The number of carboxylic acids is 1. The molecule has 0 saturated carbocycles. The summed E-state index contributed by atoms with van der Waals surface area (Å²) in [6, 6.07) is -4.06. The van der Waals surface area contributed by atoms with Gasteiger partial charge in [0.2, 0.25) is 23.6 Å². The fourth-order valence-electron chi connectivity index (χ4n) is 3.08. The predicted molar refractivity (Wildman–Crippen MR) is 115 cm³/mol. The van der Waals surface area contributed by atoms with Crippen molar-refractivity contribution < 1.29 is 29.1 Å². The Kier molecular flexibility index (Phi) is 11.9. The van der Waals surface area contributed by atoms with Gasteiger partial charge in [-0.3, -0.25) is 19.2 Å². The summed E-state index contributed by atoms with van der Waals surface area (Å²) in [4.78, 5) is 60.2. The normalized spacial score (nSPS) is 18.5. The van der Waals surface area contributed by atoms with Gasteiger partial charge in [0.25, 0.3) is 0 Å². The third-order valence-corrected chi connectivity index (χ3v) is 5.16. The Morgan fingerprint density at radius 1 is 1.03 bits per heavy atom. The van der Waals surface area contributed by atoms with Gasteiger partial charge in [0.1, 0.15) is 18.1 Å². The van der Waals surface area contributed by atoms with Crippen LogP contribution in [0.4, 0.5) is 0 Å². The van der Waals surface area contributed by atoms with Gasteiger partial charge >= 0.3 is 5.97 Å². The average molecular weight is 461 g/mol. The number of amides is 4. The minimum Gasteiger partial charge on any atom is -0.480 e.